The number of ether oxygens (including phenoxy) is 2. The van der Waals surface area contributed by atoms with Gasteiger partial charge < -0.3 is 9.47 Å². The molecule has 0 fully saturated rings. The zero-order chi connectivity index (χ0) is 15.0. The molecular weight excluding hydrogens is 307 g/mol. The Hall–Kier alpha value is -1.38. The highest BCUT2D eigenvalue weighted by molar-refractivity contribution is 6.33. The van der Waals surface area contributed by atoms with Gasteiger partial charge in [-0.05, 0) is 36.6 Å². The molecule has 1 aliphatic rings. The van der Waals surface area contributed by atoms with Crippen molar-refractivity contribution >= 4 is 23.2 Å². The Morgan fingerprint density at radius 1 is 0.952 bits per heavy atom. The lowest BCUT2D eigenvalue weighted by Crippen LogP contribution is -2.15. The molecule has 110 valence electrons. The first-order valence-electron chi connectivity index (χ1n) is 6.86. The highest BCUT2D eigenvalue weighted by Crippen LogP contribution is 2.42. The summed E-state index contributed by atoms with van der Waals surface area (Å²) in [7, 11) is 0. The zero-order valence-electron chi connectivity index (χ0n) is 12.0. The van der Waals surface area contributed by atoms with Crippen LogP contribution in [-0.2, 0) is 0 Å². The first-order chi connectivity index (χ1) is 10.1. The number of halogens is 2. The molecule has 21 heavy (non-hydrogen) atoms. The van der Waals surface area contributed by atoms with Crippen LogP contribution < -0.4 is 9.47 Å². The first kappa shape index (κ1) is 14.6. The molecule has 1 aliphatic heterocycles. The van der Waals surface area contributed by atoms with Crippen molar-refractivity contribution in [3.8, 4) is 11.5 Å². The van der Waals surface area contributed by atoms with E-state index in [0.29, 0.717) is 29.7 Å². The summed E-state index contributed by atoms with van der Waals surface area (Å²) in [5.41, 5.74) is 4.23. The van der Waals surface area contributed by atoms with E-state index in [2.05, 4.69) is 32.0 Å². The van der Waals surface area contributed by atoms with E-state index >= 15 is 0 Å². The fraction of sp³-hybridized carbons (Fsp3) is 0.294. The molecule has 1 heterocycles. The minimum Gasteiger partial charge on any atom is -0.486 e. The van der Waals surface area contributed by atoms with Gasteiger partial charge in [0.05, 0.1) is 5.38 Å². The van der Waals surface area contributed by atoms with E-state index in [9.17, 15) is 0 Å². The minimum atomic E-state index is -0.312. The summed E-state index contributed by atoms with van der Waals surface area (Å²) in [5.74, 6) is 1.39. The van der Waals surface area contributed by atoms with Crippen LogP contribution in [0.15, 0.2) is 30.3 Å². The van der Waals surface area contributed by atoms with E-state index in [1.807, 2.05) is 6.07 Å². The Kier molecular flexibility index (Phi) is 4.01. The van der Waals surface area contributed by atoms with Crippen molar-refractivity contribution in [1.29, 1.82) is 0 Å². The molecule has 1 atom stereocenters. The fourth-order valence-corrected chi connectivity index (χ4v) is 3.21. The highest BCUT2D eigenvalue weighted by atomic mass is 35.5. The third-order valence-corrected chi connectivity index (χ3v) is 4.44. The normalized spacial score (nSPS) is 14.9. The maximum Gasteiger partial charge on any atom is 0.162 e. The van der Waals surface area contributed by atoms with E-state index in [1.165, 1.54) is 5.56 Å². The summed E-state index contributed by atoms with van der Waals surface area (Å²) in [5, 5.41) is 0.286. The van der Waals surface area contributed by atoms with E-state index in [1.54, 1.807) is 6.07 Å². The smallest absolute Gasteiger partial charge is 0.162 e. The quantitative estimate of drug-likeness (QED) is 0.720. The molecule has 2 nitrogen and oxygen atoms in total. The Balaban J connectivity index is 2.05. The maximum atomic E-state index is 6.68. The average Bonchev–Trinajstić information content (AvgIpc) is 2.48. The van der Waals surface area contributed by atoms with Gasteiger partial charge in [0.25, 0.3) is 0 Å². The standard InChI is InChI=1S/C17H16Cl2O2/c1-10-3-4-11(2)12(7-10)17(19)13-8-15-16(9-14(13)18)21-6-5-20-15/h3-4,7-9,17H,5-6H2,1-2H3. The van der Waals surface area contributed by atoms with Crippen LogP contribution in [0, 0.1) is 13.8 Å². The van der Waals surface area contributed by atoms with Crippen LogP contribution in [0.1, 0.15) is 27.6 Å². The van der Waals surface area contributed by atoms with Crippen LogP contribution >= 0.6 is 23.2 Å². The van der Waals surface area contributed by atoms with Crippen LogP contribution in [0.5, 0.6) is 11.5 Å². The molecule has 0 saturated heterocycles. The molecule has 2 aromatic rings. The summed E-state index contributed by atoms with van der Waals surface area (Å²) in [6.07, 6.45) is 0. The molecule has 1 unspecified atom stereocenters. The lowest BCUT2D eigenvalue weighted by atomic mass is 9.97. The number of hydrogen-bond acceptors (Lipinski definition) is 2. The molecule has 0 aliphatic carbocycles. The topological polar surface area (TPSA) is 18.5 Å². The molecule has 4 heteroatoms. The largest absolute Gasteiger partial charge is 0.486 e. The summed E-state index contributed by atoms with van der Waals surface area (Å²) in [6.45, 7) is 5.20. The van der Waals surface area contributed by atoms with Gasteiger partial charge in [0.15, 0.2) is 11.5 Å². The second-order valence-corrected chi connectivity index (χ2v) is 6.08. The van der Waals surface area contributed by atoms with Crippen molar-refractivity contribution in [1.82, 2.24) is 0 Å². The first-order valence-corrected chi connectivity index (χ1v) is 7.68. The van der Waals surface area contributed by atoms with Crippen LogP contribution in [0.3, 0.4) is 0 Å². The van der Waals surface area contributed by atoms with Crippen molar-refractivity contribution in [3.63, 3.8) is 0 Å². The SMILES string of the molecule is Cc1ccc(C)c(C(Cl)c2cc3c(cc2Cl)OCCO3)c1. The lowest BCUT2D eigenvalue weighted by Gasteiger charge is -2.22. The number of rotatable bonds is 2. The van der Waals surface area contributed by atoms with Crippen molar-refractivity contribution in [3.05, 3.63) is 57.6 Å². The fourth-order valence-electron chi connectivity index (χ4n) is 2.47. The molecule has 0 N–H and O–H groups in total. The highest BCUT2D eigenvalue weighted by Gasteiger charge is 2.21. The Labute approximate surface area is 134 Å². The van der Waals surface area contributed by atoms with Gasteiger partial charge in [0, 0.05) is 11.1 Å². The van der Waals surface area contributed by atoms with Crippen molar-refractivity contribution in [2.24, 2.45) is 0 Å². The van der Waals surface area contributed by atoms with E-state index in [-0.39, 0.29) is 5.38 Å². The van der Waals surface area contributed by atoms with Crippen molar-refractivity contribution < 1.29 is 9.47 Å². The second-order valence-electron chi connectivity index (χ2n) is 5.24. The summed E-state index contributed by atoms with van der Waals surface area (Å²) in [6, 6.07) is 9.92. The van der Waals surface area contributed by atoms with Crippen LogP contribution in [0.2, 0.25) is 5.02 Å². The molecule has 0 radical (unpaired) electrons. The molecule has 0 aromatic heterocycles. The summed E-state index contributed by atoms with van der Waals surface area (Å²) in [4.78, 5) is 0. The van der Waals surface area contributed by atoms with Gasteiger partial charge in [-0.25, -0.2) is 0 Å². The molecule has 0 saturated carbocycles. The molecule has 3 rings (SSSR count). The number of hydrogen-bond donors (Lipinski definition) is 0. The van der Waals surface area contributed by atoms with E-state index < -0.39 is 0 Å². The monoisotopic (exact) mass is 322 g/mol. The van der Waals surface area contributed by atoms with Gasteiger partial charge in [-0.3, -0.25) is 0 Å². The minimum absolute atomic E-state index is 0.312. The van der Waals surface area contributed by atoms with Gasteiger partial charge in [0.2, 0.25) is 0 Å². The molecule has 0 bridgehead atoms. The lowest BCUT2D eigenvalue weighted by molar-refractivity contribution is 0.171. The number of benzene rings is 2. The maximum absolute atomic E-state index is 6.68. The Bertz CT molecular complexity index is 683. The van der Waals surface area contributed by atoms with E-state index in [0.717, 1.165) is 16.7 Å². The van der Waals surface area contributed by atoms with Crippen LogP contribution in [-0.4, -0.2) is 13.2 Å². The molecule has 2 aromatic carbocycles. The van der Waals surface area contributed by atoms with Crippen molar-refractivity contribution in [2.75, 3.05) is 13.2 Å². The van der Waals surface area contributed by atoms with Crippen LogP contribution in [0.25, 0.3) is 0 Å². The summed E-state index contributed by atoms with van der Waals surface area (Å²) < 4.78 is 11.2. The van der Waals surface area contributed by atoms with Gasteiger partial charge in [-0.15, -0.1) is 11.6 Å². The predicted octanol–water partition coefficient (Wildman–Crippen LogP) is 5.06. The molecule has 0 amide bonds. The number of aryl methyl sites for hydroxylation is 2. The predicted molar refractivity (Wildman–Crippen MR) is 86.1 cm³/mol. The van der Waals surface area contributed by atoms with Crippen molar-refractivity contribution in [2.45, 2.75) is 19.2 Å². The van der Waals surface area contributed by atoms with Gasteiger partial charge in [0.1, 0.15) is 13.2 Å². The Morgan fingerprint density at radius 3 is 2.33 bits per heavy atom. The van der Waals surface area contributed by atoms with E-state index in [4.69, 9.17) is 32.7 Å². The summed E-state index contributed by atoms with van der Waals surface area (Å²) >= 11 is 13.1. The number of alkyl halides is 1. The zero-order valence-corrected chi connectivity index (χ0v) is 13.5. The third-order valence-electron chi connectivity index (χ3n) is 3.64. The third kappa shape index (κ3) is 2.83. The molecule has 0 spiro atoms. The number of fused-ring (bicyclic) bond motifs is 1. The van der Waals surface area contributed by atoms with Gasteiger partial charge >= 0.3 is 0 Å². The average molecular weight is 323 g/mol. The van der Waals surface area contributed by atoms with Gasteiger partial charge in [-0.2, -0.15) is 0 Å². The van der Waals surface area contributed by atoms with Gasteiger partial charge in [-0.1, -0.05) is 35.4 Å². The molecular formula is C17H16Cl2O2. The second kappa shape index (κ2) is 5.78. The Morgan fingerprint density at radius 2 is 1.62 bits per heavy atom. The van der Waals surface area contributed by atoms with Crippen LogP contribution in [0.4, 0.5) is 0 Å².